The molecule has 0 saturated heterocycles. The molecule has 1 unspecified atom stereocenters. The van der Waals surface area contributed by atoms with Crippen LogP contribution in [0.4, 0.5) is 5.69 Å². The summed E-state index contributed by atoms with van der Waals surface area (Å²) in [5.74, 6) is -0.450. The van der Waals surface area contributed by atoms with E-state index < -0.39 is 5.54 Å². The summed E-state index contributed by atoms with van der Waals surface area (Å²) in [6, 6.07) is 7.46. The fourth-order valence-corrected chi connectivity index (χ4v) is 2.50. The molecular weight excluding hydrogens is 352 g/mol. The number of anilines is 1. The van der Waals surface area contributed by atoms with Crippen LogP contribution in [0.15, 0.2) is 18.2 Å². The molecular formula is C19H28ClN4O2+. The van der Waals surface area contributed by atoms with Crippen molar-refractivity contribution in [2.24, 2.45) is 5.92 Å². The van der Waals surface area contributed by atoms with E-state index in [4.69, 9.17) is 11.6 Å². The van der Waals surface area contributed by atoms with Crippen molar-refractivity contribution in [1.29, 1.82) is 5.26 Å². The number of carbonyl (C=O) groups is 2. The number of likely N-dealkylation sites (N-methyl/N-ethyl adjacent to an activating group) is 1. The number of quaternary nitrogens is 1. The fraction of sp³-hybridized carbons (Fsp3) is 0.526. The Hall–Kier alpha value is -2.10. The number of benzene rings is 1. The SMILES string of the molecule is CC[NH+](CC(=O)Nc1cc(Cl)ccc1C)CC(=O)N[C@](C)(C#N)C(C)C. The maximum atomic E-state index is 12.3. The molecule has 0 spiro atoms. The number of aryl methyl sites for hydroxylation is 1. The summed E-state index contributed by atoms with van der Waals surface area (Å²) in [5, 5.41) is 15.5. The number of carbonyl (C=O) groups excluding carboxylic acids is 2. The summed E-state index contributed by atoms with van der Waals surface area (Å²) in [6.07, 6.45) is 0. The third kappa shape index (κ3) is 6.32. The van der Waals surface area contributed by atoms with Crippen molar-refractivity contribution in [3.63, 3.8) is 0 Å². The van der Waals surface area contributed by atoms with Gasteiger partial charge in [0.05, 0.1) is 12.6 Å². The lowest BCUT2D eigenvalue weighted by atomic mass is 9.90. The van der Waals surface area contributed by atoms with Crippen molar-refractivity contribution in [3.8, 4) is 6.07 Å². The molecule has 26 heavy (non-hydrogen) atoms. The van der Waals surface area contributed by atoms with Crippen molar-refractivity contribution < 1.29 is 14.5 Å². The molecule has 0 saturated carbocycles. The van der Waals surface area contributed by atoms with E-state index in [0.717, 1.165) is 10.5 Å². The molecule has 0 heterocycles. The molecule has 0 aromatic heterocycles. The van der Waals surface area contributed by atoms with Gasteiger partial charge in [-0.05, 0) is 44.4 Å². The molecule has 0 aliphatic heterocycles. The second kappa shape index (κ2) is 9.56. The molecule has 6 nitrogen and oxygen atoms in total. The second-order valence-electron chi connectivity index (χ2n) is 6.98. The van der Waals surface area contributed by atoms with Crippen LogP contribution in [0.5, 0.6) is 0 Å². The summed E-state index contributed by atoms with van der Waals surface area (Å²) in [6.45, 7) is 10.2. The van der Waals surface area contributed by atoms with Crippen molar-refractivity contribution >= 4 is 29.1 Å². The number of amides is 2. The smallest absolute Gasteiger partial charge is 0.279 e. The number of nitriles is 1. The summed E-state index contributed by atoms with van der Waals surface area (Å²) < 4.78 is 0. The first-order valence-corrected chi connectivity index (χ1v) is 9.11. The predicted molar refractivity (Wildman–Crippen MR) is 103 cm³/mol. The minimum absolute atomic E-state index is 0.0179. The Morgan fingerprint density at radius 3 is 2.46 bits per heavy atom. The van der Waals surface area contributed by atoms with Gasteiger partial charge in [-0.1, -0.05) is 31.5 Å². The van der Waals surface area contributed by atoms with Gasteiger partial charge < -0.3 is 15.5 Å². The van der Waals surface area contributed by atoms with E-state index in [1.165, 1.54) is 0 Å². The lowest BCUT2D eigenvalue weighted by molar-refractivity contribution is -0.881. The lowest BCUT2D eigenvalue weighted by Crippen LogP contribution is -3.14. The van der Waals surface area contributed by atoms with Crippen LogP contribution in [-0.2, 0) is 9.59 Å². The molecule has 2 amide bonds. The topological polar surface area (TPSA) is 86.4 Å². The highest BCUT2D eigenvalue weighted by molar-refractivity contribution is 6.31. The van der Waals surface area contributed by atoms with E-state index in [9.17, 15) is 14.9 Å². The number of hydrogen-bond donors (Lipinski definition) is 3. The van der Waals surface area contributed by atoms with Gasteiger partial charge in [0.2, 0.25) is 0 Å². The normalized spacial score (nSPS) is 14.2. The van der Waals surface area contributed by atoms with Gasteiger partial charge in [0.15, 0.2) is 13.1 Å². The molecule has 1 aromatic carbocycles. The molecule has 2 atom stereocenters. The van der Waals surface area contributed by atoms with Crippen molar-refractivity contribution in [2.45, 2.75) is 40.2 Å². The van der Waals surface area contributed by atoms with Crippen molar-refractivity contribution in [2.75, 3.05) is 25.0 Å². The van der Waals surface area contributed by atoms with Gasteiger partial charge in [-0.3, -0.25) is 9.59 Å². The summed E-state index contributed by atoms with van der Waals surface area (Å²) in [7, 11) is 0. The molecule has 0 bridgehead atoms. The maximum Gasteiger partial charge on any atom is 0.279 e. The minimum atomic E-state index is -0.921. The summed E-state index contributed by atoms with van der Waals surface area (Å²) in [4.78, 5) is 25.4. The molecule has 0 radical (unpaired) electrons. The fourth-order valence-electron chi connectivity index (χ4n) is 2.33. The quantitative estimate of drug-likeness (QED) is 0.640. The predicted octanol–water partition coefficient (Wildman–Crippen LogP) is 1.55. The van der Waals surface area contributed by atoms with Crippen LogP contribution in [0.1, 0.15) is 33.3 Å². The average Bonchev–Trinajstić information content (AvgIpc) is 2.57. The first-order chi connectivity index (χ1) is 12.1. The summed E-state index contributed by atoms with van der Waals surface area (Å²) in [5.41, 5.74) is 0.662. The van der Waals surface area contributed by atoms with Crippen LogP contribution in [-0.4, -0.2) is 37.0 Å². The van der Waals surface area contributed by atoms with E-state index in [-0.39, 0.29) is 30.8 Å². The zero-order chi connectivity index (χ0) is 19.9. The van der Waals surface area contributed by atoms with Gasteiger partial charge in [0, 0.05) is 10.7 Å². The second-order valence-corrected chi connectivity index (χ2v) is 7.42. The first-order valence-electron chi connectivity index (χ1n) is 8.73. The highest BCUT2D eigenvalue weighted by Gasteiger charge is 2.31. The molecule has 7 heteroatoms. The largest absolute Gasteiger partial charge is 0.333 e. The van der Waals surface area contributed by atoms with E-state index in [2.05, 4.69) is 16.7 Å². The Balaban J connectivity index is 2.66. The van der Waals surface area contributed by atoms with Crippen LogP contribution < -0.4 is 15.5 Å². The minimum Gasteiger partial charge on any atom is -0.333 e. The molecule has 0 fully saturated rings. The lowest BCUT2D eigenvalue weighted by Gasteiger charge is -2.28. The Bertz CT molecular complexity index is 699. The van der Waals surface area contributed by atoms with E-state index in [1.54, 1.807) is 19.1 Å². The Morgan fingerprint density at radius 2 is 1.92 bits per heavy atom. The summed E-state index contributed by atoms with van der Waals surface area (Å²) >= 11 is 5.97. The highest BCUT2D eigenvalue weighted by atomic mass is 35.5. The van der Waals surface area contributed by atoms with Gasteiger partial charge in [-0.2, -0.15) is 5.26 Å². The molecule has 3 N–H and O–H groups in total. The molecule has 0 aliphatic carbocycles. The third-order valence-electron chi connectivity index (χ3n) is 4.58. The number of rotatable bonds is 8. The van der Waals surface area contributed by atoms with E-state index in [0.29, 0.717) is 17.3 Å². The van der Waals surface area contributed by atoms with Crippen LogP contribution in [0.3, 0.4) is 0 Å². The average molecular weight is 380 g/mol. The highest BCUT2D eigenvalue weighted by Crippen LogP contribution is 2.19. The van der Waals surface area contributed by atoms with Gasteiger partial charge in [-0.25, -0.2) is 0 Å². The van der Waals surface area contributed by atoms with E-state index in [1.807, 2.05) is 33.8 Å². The number of nitrogens with one attached hydrogen (secondary N) is 3. The van der Waals surface area contributed by atoms with Crippen LogP contribution >= 0.6 is 11.6 Å². The number of nitrogens with zero attached hydrogens (tertiary/aromatic N) is 1. The zero-order valence-electron chi connectivity index (χ0n) is 16.1. The molecule has 142 valence electrons. The zero-order valence-corrected chi connectivity index (χ0v) is 16.8. The molecule has 0 aliphatic rings. The van der Waals surface area contributed by atoms with Crippen molar-refractivity contribution in [3.05, 3.63) is 28.8 Å². The monoisotopic (exact) mass is 379 g/mol. The van der Waals surface area contributed by atoms with Crippen LogP contribution in [0.2, 0.25) is 5.02 Å². The molecule has 1 rings (SSSR count). The van der Waals surface area contributed by atoms with Gasteiger partial charge in [-0.15, -0.1) is 0 Å². The molecule has 1 aromatic rings. The number of hydrogen-bond acceptors (Lipinski definition) is 3. The third-order valence-corrected chi connectivity index (χ3v) is 4.82. The maximum absolute atomic E-state index is 12.3. The first kappa shape index (κ1) is 21.9. The Kier molecular flexibility index (Phi) is 8.07. The van der Waals surface area contributed by atoms with Crippen molar-refractivity contribution in [1.82, 2.24) is 5.32 Å². The standard InChI is InChI=1S/C19H27ClN4O2/c1-6-24(11-18(26)23-19(5,12-21)13(2)3)10-17(25)22-16-9-15(20)8-7-14(16)4/h7-9,13H,6,10-11H2,1-5H3,(H,22,25)(H,23,26)/p+1/t19-/m1/s1. The Morgan fingerprint density at radius 1 is 1.31 bits per heavy atom. The van der Waals surface area contributed by atoms with Crippen LogP contribution in [0, 0.1) is 24.2 Å². The van der Waals surface area contributed by atoms with Gasteiger partial charge >= 0.3 is 0 Å². The van der Waals surface area contributed by atoms with Gasteiger partial charge in [0.1, 0.15) is 5.54 Å². The van der Waals surface area contributed by atoms with Crippen LogP contribution in [0.25, 0.3) is 0 Å². The Labute approximate surface area is 160 Å². The number of halogens is 1. The van der Waals surface area contributed by atoms with Gasteiger partial charge in [0.25, 0.3) is 11.8 Å². The van der Waals surface area contributed by atoms with E-state index >= 15 is 0 Å².